The lowest BCUT2D eigenvalue weighted by Gasteiger charge is -2.29. The molecule has 0 saturated carbocycles. The number of carbonyl (C=O) groups is 3. The van der Waals surface area contributed by atoms with E-state index in [-0.39, 0.29) is 18.2 Å². The van der Waals surface area contributed by atoms with Gasteiger partial charge in [0.25, 0.3) is 5.91 Å². The summed E-state index contributed by atoms with van der Waals surface area (Å²) in [5, 5.41) is 2.29. The van der Waals surface area contributed by atoms with Gasteiger partial charge in [-0.3, -0.25) is 19.7 Å². The fraction of sp³-hybridized carbons (Fsp3) is 0.400. The molecule has 21 heavy (non-hydrogen) atoms. The molecule has 0 spiro atoms. The molecule has 1 unspecified atom stereocenters. The van der Waals surface area contributed by atoms with Crippen LogP contribution in [0.5, 0.6) is 5.75 Å². The van der Waals surface area contributed by atoms with Crippen molar-refractivity contribution in [1.29, 1.82) is 0 Å². The molecule has 1 aromatic rings. The summed E-state index contributed by atoms with van der Waals surface area (Å²) in [6, 6.07) is 3.10. The number of piperidine rings is 1. The van der Waals surface area contributed by atoms with Crippen molar-refractivity contribution in [3.63, 3.8) is 0 Å². The molecule has 3 amide bonds. The van der Waals surface area contributed by atoms with Crippen LogP contribution in [0.15, 0.2) is 12.1 Å². The molecule has 0 bridgehead atoms. The second-order valence-corrected chi connectivity index (χ2v) is 5.39. The molecule has 1 fully saturated rings. The lowest BCUT2D eigenvalue weighted by Crippen LogP contribution is -2.52. The van der Waals surface area contributed by atoms with E-state index >= 15 is 0 Å². The van der Waals surface area contributed by atoms with E-state index in [0.29, 0.717) is 24.3 Å². The first-order valence-corrected chi connectivity index (χ1v) is 6.83. The summed E-state index contributed by atoms with van der Waals surface area (Å²) in [5.74, 6) is -0.202. The number of benzene rings is 1. The molecule has 2 aliphatic rings. The van der Waals surface area contributed by atoms with E-state index < -0.39 is 11.9 Å². The second kappa shape index (κ2) is 4.87. The van der Waals surface area contributed by atoms with Crippen molar-refractivity contribution < 1.29 is 19.1 Å². The number of aryl methyl sites for hydroxylation is 1. The first-order valence-electron chi connectivity index (χ1n) is 6.83. The van der Waals surface area contributed by atoms with Crippen molar-refractivity contribution in [3.8, 4) is 5.75 Å². The van der Waals surface area contributed by atoms with Gasteiger partial charge in [-0.2, -0.15) is 0 Å². The molecular weight excluding hydrogens is 272 g/mol. The van der Waals surface area contributed by atoms with E-state index in [4.69, 9.17) is 4.74 Å². The molecule has 3 rings (SSSR count). The predicted octanol–water partition coefficient (Wildman–Crippen LogP) is 0.765. The number of imide groups is 1. The maximum atomic E-state index is 12.5. The summed E-state index contributed by atoms with van der Waals surface area (Å²) >= 11 is 0. The average Bonchev–Trinajstić information content (AvgIpc) is 2.76. The van der Waals surface area contributed by atoms with Crippen molar-refractivity contribution >= 4 is 17.7 Å². The third kappa shape index (κ3) is 2.16. The van der Waals surface area contributed by atoms with Crippen molar-refractivity contribution in [2.24, 2.45) is 0 Å². The quantitative estimate of drug-likeness (QED) is 0.815. The normalized spacial score (nSPS) is 21.3. The molecular formula is C15H16N2O4. The Balaban J connectivity index is 1.93. The number of ether oxygens (including phenoxy) is 1. The molecule has 0 radical (unpaired) electrons. The van der Waals surface area contributed by atoms with Gasteiger partial charge in [0.2, 0.25) is 11.8 Å². The fourth-order valence-corrected chi connectivity index (χ4v) is 2.95. The van der Waals surface area contributed by atoms with E-state index in [1.54, 1.807) is 7.11 Å². The van der Waals surface area contributed by atoms with Gasteiger partial charge in [0.15, 0.2) is 0 Å². The van der Waals surface area contributed by atoms with Crippen LogP contribution in [0, 0.1) is 6.92 Å². The van der Waals surface area contributed by atoms with Gasteiger partial charge in [0, 0.05) is 17.5 Å². The molecule has 1 saturated heterocycles. The SMILES string of the molecule is COc1cc(C)cc2c1CN(C1CCC(=O)NC1=O)C2=O. The van der Waals surface area contributed by atoms with Crippen LogP contribution >= 0.6 is 0 Å². The van der Waals surface area contributed by atoms with Crippen molar-refractivity contribution in [2.75, 3.05) is 7.11 Å². The Hall–Kier alpha value is -2.37. The molecule has 0 aromatic heterocycles. The summed E-state index contributed by atoms with van der Waals surface area (Å²) in [4.78, 5) is 37.2. The first-order chi connectivity index (χ1) is 10.0. The van der Waals surface area contributed by atoms with Crippen molar-refractivity contribution in [1.82, 2.24) is 10.2 Å². The molecule has 110 valence electrons. The van der Waals surface area contributed by atoms with E-state index in [1.807, 2.05) is 19.1 Å². The minimum Gasteiger partial charge on any atom is -0.496 e. The molecule has 1 N–H and O–H groups in total. The van der Waals surface area contributed by atoms with E-state index in [0.717, 1.165) is 11.1 Å². The van der Waals surface area contributed by atoms with Gasteiger partial charge < -0.3 is 9.64 Å². The van der Waals surface area contributed by atoms with Crippen LogP contribution in [0.2, 0.25) is 0 Å². The Labute approximate surface area is 122 Å². The van der Waals surface area contributed by atoms with Crippen LogP contribution in [0.3, 0.4) is 0 Å². The summed E-state index contributed by atoms with van der Waals surface area (Å²) in [5.41, 5.74) is 2.32. The summed E-state index contributed by atoms with van der Waals surface area (Å²) in [6.07, 6.45) is 0.623. The number of amides is 3. The van der Waals surface area contributed by atoms with Gasteiger partial charge in [-0.1, -0.05) is 0 Å². The number of carbonyl (C=O) groups excluding carboxylic acids is 3. The molecule has 2 heterocycles. The van der Waals surface area contributed by atoms with Crippen LogP contribution in [0.4, 0.5) is 0 Å². The minimum absolute atomic E-state index is 0.179. The van der Waals surface area contributed by atoms with Crippen LogP contribution in [-0.2, 0) is 16.1 Å². The Morgan fingerprint density at radius 2 is 2.05 bits per heavy atom. The zero-order chi connectivity index (χ0) is 15.1. The summed E-state index contributed by atoms with van der Waals surface area (Å²) in [6.45, 7) is 2.23. The topological polar surface area (TPSA) is 75.7 Å². The van der Waals surface area contributed by atoms with Gasteiger partial charge in [0.1, 0.15) is 11.8 Å². The van der Waals surface area contributed by atoms with Gasteiger partial charge in [-0.05, 0) is 31.0 Å². The van der Waals surface area contributed by atoms with Crippen LogP contribution in [0.25, 0.3) is 0 Å². The van der Waals surface area contributed by atoms with Crippen LogP contribution < -0.4 is 10.1 Å². The standard InChI is InChI=1S/C15H16N2O4/c1-8-5-9-10(12(6-8)21-2)7-17(15(9)20)11-3-4-13(18)16-14(11)19/h5-6,11H,3-4,7H2,1-2H3,(H,16,18,19). The number of methoxy groups -OCH3 is 1. The minimum atomic E-state index is -0.590. The fourth-order valence-electron chi connectivity index (χ4n) is 2.95. The van der Waals surface area contributed by atoms with E-state index in [2.05, 4.69) is 5.32 Å². The third-order valence-electron chi connectivity index (χ3n) is 3.98. The van der Waals surface area contributed by atoms with Crippen LogP contribution in [0.1, 0.15) is 34.3 Å². The average molecular weight is 288 g/mol. The molecule has 1 atom stereocenters. The predicted molar refractivity (Wildman–Crippen MR) is 73.8 cm³/mol. The Morgan fingerprint density at radius 3 is 2.71 bits per heavy atom. The highest BCUT2D eigenvalue weighted by Gasteiger charge is 2.40. The number of rotatable bonds is 2. The van der Waals surface area contributed by atoms with Crippen molar-refractivity contribution in [3.05, 3.63) is 28.8 Å². The number of fused-ring (bicyclic) bond motifs is 1. The smallest absolute Gasteiger partial charge is 0.255 e. The lowest BCUT2D eigenvalue weighted by atomic mass is 10.0. The van der Waals surface area contributed by atoms with Gasteiger partial charge in [-0.15, -0.1) is 0 Å². The highest BCUT2D eigenvalue weighted by atomic mass is 16.5. The second-order valence-electron chi connectivity index (χ2n) is 5.39. The first kappa shape index (κ1) is 13.6. The van der Waals surface area contributed by atoms with Crippen molar-refractivity contribution in [2.45, 2.75) is 32.4 Å². The maximum absolute atomic E-state index is 12.5. The zero-order valence-electron chi connectivity index (χ0n) is 11.9. The Morgan fingerprint density at radius 1 is 1.29 bits per heavy atom. The molecule has 6 nitrogen and oxygen atoms in total. The third-order valence-corrected chi connectivity index (χ3v) is 3.98. The number of hydrogen-bond donors (Lipinski definition) is 1. The zero-order valence-corrected chi connectivity index (χ0v) is 11.9. The number of hydrogen-bond acceptors (Lipinski definition) is 4. The summed E-state index contributed by atoms with van der Waals surface area (Å²) in [7, 11) is 1.56. The van der Waals surface area contributed by atoms with E-state index in [1.165, 1.54) is 4.90 Å². The van der Waals surface area contributed by atoms with Crippen LogP contribution in [-0.4, -0.2) is 35.8 Å². The maximum Gasteiger partial charge on any atom is 0.255 e. The highest BCUT2D eigenvalue weighted by molar-refractivity contribution is 6.05. The Kier molecular flexibility index (Phi) is 3.16. The largest absolute Gasteiger partial charge is 0.496 e. The monoisotopic (exact) mass is 288 g/mol. The Bertz CT molecular complexity index is 653. The van der Waals surface area contributed by atoms with Gasteiger partial charge in [0.05, 0.1) is 13.7 Å². The lowest BCUT2D eigenvalue weighted by molar-refractivity contribution is -0.136. The van der Waals surface area contributed by atoms with Gasteiger partial charge in [-0.25, -0.2) is 0 Å². The molecule has 6 heteroatoms. The number of nitrogens with zero attached hydrogens (tertiary/aromatic N) is 1. The number of nitrogens with one attached hydrogen (secondary N) is 1. The highest BCUT2D eigenvalue weighted by Crippen LogP contribution is 2.34. The molecule has 2 aliphatic heterocycles. The molecule has 1 aromatic carbocycles. The molecule has 0 aliphatic carbocycles. The van der Waals surface area contributed by atoms with E-state index in [9.17, 15) is 14.4 Å². The summed E-state index contributed by atoms with van der Waals surface area (Å²) < 4.78 is 5.33. The van der Waals surface area contributed by atoms with Gasteiger partial charge >= 0.3 is 0 Å².